The lowest BCUT2D eigenvalue weighted by atomic mass is 10.0. The van der Waals surface area contributed by atoms with Gasteiger partial charge in [0.15, 0.2) is 17.0 Å². The Labute approximate surface area is 215 Å². The molecule has 3 aromatic heterocycles. The van der Waals surface area contributed by atoms with Crippen molar-refractivity contribution in [2.75, 3.05) is 23.8 Å². The van der Waals surface area contributed by atoms with Gasteiger partial charge in [0.2, 0.25) is 0 Å². The van der Waals surface area contributed by atoms with Crippen LogP contribution in [0.1, 0.15) is 24.1 Å². The number of carboxylic acid groups (broad SMARTS) is 1. The molecule has 1 aromatic carbocycles. The Morgan fingerprint density at radius 3 is 2.70 bits per heavy atom. The standard InChI is InChI=1S/C25H32FN7O3Si/c1-15-19(26)7-6-17-10-18(23(32-21(15)17)27-11-20(34)35)16(2)31-24-22-25(29-12-28-24)33(13-30-22)14-36-8-9-37(3,4)5/h6-7,10,12-13,16H,8-9,11,14H2,1-5H3,(H,27,32)(H,34,35)(H,28,29,31)/t16-/m0/s1. The van der Waals surface area contributed by atoms with Crippen LogP contribution in [0.5, 0.6) is 0 Å². The molecule has 0 aliphatic rings. The first-order valence-electron chi connectivity index (χ1n) is 12.1. The van der Waals surface area contributed by atoms with Gasteiger partial charge >= 0.3 is 5.97 Å². The summed E-state index contributed by atoms with van der Waals surface area (Å²) in [6.07, 6.45) is 3.14. The highest BCUT2D eigenvalue weighted by molar-refractivity contribution is 6.76. The number of hydrogen-bond donors (Lipinski definition) is 3. The van der Waals surface area contributed by atoms with E-state index >= 15 is 0 Å². The van der Waals surface area contributed by atoms with Crippen LogP contribution in [-0.2, 0) is 16.3 Å². The van der Waals surface area contributed by atoms with Gasteiger partial charge < -0.3 is 20.5 Å². The minimum Gasteiger partial charge on any atom is -0.480 e. The van der Waals surface area contributed by atoms with Gasteiger partial charge in [-0.15, -0.1) is 0 Å². The van der Waals surface area contributed by atoms with E-state index in [0.29, 0.717) is 52.8 Å². The van der Waals surface area contributed by atoms with E-state index in [2.05, 4.69) is 50.2 Å². The predicted molar refractivity (Wildman–Crippen MR) is 144 cm³/mol. The number of ether oxygens (including phenoxy) is 1. The number of imidazole rings is 1. The summed E-state index contributed by atoms with van der Waals surface area (Å²) in [6, 6.07) is 5.67. The molecule has 4 rings (SSSR count). The van der Waals surface area contributed by atoms with Crippen LogP contribution >= 0.6 is 0 Å². The van der Waals surface area contributed by atoms with Crippen LogP contribution in [0.3, 0.4) is 0 Å². The summed E-state index contributed by atoms with van der Waals surface area (Å²) in [6.45, 7) is 11.2. The molecule has 3 N–H and O–H groups in total. The lowest BCUT2D eigenvalue weighted by molar-refractivity contribution is -0.134. The molecular formula is C25H32FN7O3Si. The second kappa shape index (κ2) is 10.8. The SMILES string of the molecule is Cc1c(F)ccc2cc([C@H](C)Nc3ncnc4c3ncn4COCC[Si](C)(C)C)c(NCC(=O)O)nc12. The maximum absolute atomic E-state index is 14.1. The Morgan fingerprint density at radius 1 is 1.19 bits per heavy atom. The Kier molecular flexibility index (Phi) is 7.69. The Hall–Kier alpha value is -3.64. The average Bonchev–Trinajstić information content (AvgIpc) is 3.26. The molecule has 4 aromatic rings. The van der Waals surface area contributed by atoms with Crippen molar-refractivity contribution in [2.45, 2.75) is 52.3 Å². The summed E-state index contributed by atoms with van der Waals surface area (Å²) in [5.41, 5.74) is 2.82. The summed E-state index contributed by atoms with van der Waals surface area (Å²) < 4.78 is 21.8. The number of nitrogens with zero attached hydrogens (tertiary/aromatic N) is 5. The third-order valence-corrected chi connectivity index (χ3v) is 7.76. The van der Waals surface area contributed by atoms with E-state index < -0.39 is 14.0 Å². The van der Waals surface area contributed by atoms with Crippen molar-refractivity contribution in [3.63, 3.8) is 0 Å². The van der Waals surface area contributed by atoms with Crippen LogP contribution < -0.4 is 10.6 Å². The largest absolute Gasteiger partial charge is 0.480 e. The van der Waals surface area contributed by atoms with Gasteiger partial charge in [0, 0.05) is 31.2 Å². The maximum atomic E-state index is 14.1. The number of nitrogens with one attached hydrogen (secondary N) is 2. The van der Waals surface area contributed by atoms with Crippen molar-refractivity contribution in [3.05, 3.63) is 47.8 Å². The van der Waals surface area contributed by atoms with E-state index in [9.17, 15) is 14.3 Å². The summed E-state index contributed by atoms with van der Waals surface area (Å²) in [4.78, 5) is 29.1. The molecule has 0 fully saturated rings. The van der Waals surface area contributed by atoms with E-state index in [4.69, 9.17) is 4.74 Å². The number of pyridine rings is 1. The smallest absolute Gasteiger partial charge is 0.322 e. The zero-order valence-electron chi connectivity index (χ0n) is 21.7. The Balaban J connectivity index is 1.61. The lowest BCUT2D eigenvalue weighted by Crippen LogP contribution is -2.22. The van der Waals surface area contributed by atoms with Gasteiger partial charge in [-0.3, -0.25) is 9.36 Å². The van der Waals surface area contributed by atoms with E-state index in [1.54, 1.807) is 19.3 Å². The van der Waals surface area contributed by atoms with Crippen LogP contribution in [0.2, 0.25) is 25.7 Å². The quantitative estimate of drug-likeness (QED) is 0.187. The number of rotatable bonds is 11. The van der Waals surface area contributed by atoms with Gasteiger partial charge in [-0.2, -0.15) is 0 Å². The van der Waals surface area contributed by atoms with E-state index in [-0.39, 0.29) is 18.4 Å². The fourth-order valence-corrected chi connectivity index (χ4v) is 4.67. The van der Waals surface area contributed by atoms with Crippen LogP contribution in [0.4, 0.5) is 16.0 Å². The second-order valence-corrected chi connectivity index (χ2v) is 15.9. The monoisotopic (exact) mass is 525 g/mol. The molecular weight excluding hydrogens is 493 g/mol. The molecule has 1 atom stereocenters. The highest BCUT2D eigenvalue weighted by Gasteiger charge is 2.19. The molecule has 37 heavy (non-hydrogen) atoms. The molecule has 3 heterocycles. The predicted octanol–water partition coefficient (Wildman–Crippen LogP) is 4.80. The first-order chi connectivity index (χ1) is 17.5. The molecule has 0 bridgehead atoms. The molecule has 0 saturated carbocycles. The zero-order valence-corrected chi connectivity index (χ0v) is 22.7. The molecule has 0 spiro atoms. The third-order valence-electron chi connectivity index (χ3n) is 6.06. The van der Waals surface area contributed by atoms with Crippen molar-refractivity contribution in [1.29, 1.82) is 0 Å². The van der Waals surface area contributed by atoms with Crippen LogP contribution in [0.15, 0.2) is 30.9 Å². The topological polar surface area (TPSA) is 127 Å². The highest BCUT2D eigenvalue weighted by atomic mass is 28.3. The molecule has 0 unspecified atom stereocenters. The van der Waals surface area contributed by atoms with Crippen molar-refractivity contribution in [2.24, 2.45) is 0 Å². The van der Waals surface area contributed by atoms with E-state index in [1.165, 1.54) is 12.4 Å². The van der Waals surface area contributed by atoms with E-state index in [0.717, 1.165) is 11.4 Å². The molecule has 10 nitrogen and oxygen atoms in total. The van der Waals surface area contributed by atoms with Crippen LogP contribution in [0.25, 0.3) is 22.1 Å². The van der Waals surface area contributed by atoms with Gasteiger partial charge in [-0.05, 0) is 38.1 Å². The van der Waals surface area contributed by atoms with Gasteiger partial charge in [-0.1, -0.05) is 19.6 Å². The van der Waals surface area contributed by atoms with Gasteiger partial charge in [0.25, 0.3) is 0 Å². The Bertz CT molecular complexity index is 1440. The molecule has 0 aliphatic heterocycles. The van der Waals surface area contributed by atoms with Crippen molar-refractivity contribution < 1.29 is 19.0 Å². The Morgan fingerprint density at radius 2 is 1.97 bits per heavy atom. The lowest BCUT2D eigenvalue weighted by Gasteiger charge is -2.20. The zero-order chi connectivity index (χ0) is 26.7. The molecule has 0 saturated heterocycles. The van der Waals surface area contributed by atoms with Crippen LogP contribution in [0, 0.1) is 12.7 Å². The van der Waals surface area contributed by atoms with Gasteiger partial charge in [0.1, 0.15) is 31.2 Å². The third kappa shape index (κ3) is 6.20. The number of aromatic nitrogens is 5. The highest BCUT2D eigenvalue weighted by Crippen LogP contribution is 2.31. The van der Waals surface area contributed by atoms with Crippen molar-refractivity contribution in [1.82, 2.24) is 24.5 Å². The fraction of sp³-hybridized carbons (Fsp3) is 0.400. The van der Waals surface area contributed by atoms with Crippen LogP contribution in [-0.4, -0.2) is 56.8 Å². The minimum atomic E-state index is -1.18. The molecule has 0 amide bonds. The summed E-state index contributed by atoms with van der Waals surface area (Å²) in [7, 11) is -1.18. The molecule has 196 valence electrons. The van der Waals surface area contributed by atoms with Crippen molar-refractivity contribution >= 4 is 47.7 Å². The fourth-order valence-electron chi connectivity index (χ4n) is 3.91. The number of fused-ring (bicyclic) bond motifs is 2. The molecule has 0 radical (unpaired) electrons. The number of hydrogen-bond acceptors (Lipinski definition) is 8. The number of aryl methyl sites for hydroxylation is 1. The van der Waals surface area contributed by atoms with Gasteiger partial charge in [0.05, 0.1) is 17.9 Å². The number of anilines is 2. The second-order valence-electron chi connectivity index (χ2n) is 10.2. The van der Waals surface area contributed by atoms with Gasteiger partial charge in [-0.25, -0.2) is 24.3 Å². The van der Waals surface area contributed by atoms with Crippen molar-refractivity contribution in [3.8, 4) is 0 Å². The normalized spacial score (nSPS) is 12.7. The minimum absolute atomic E-state index is 0.327. The number of benzene rings is 1. The summed E-state index contributed by atoms with van der Waals surface area (Å²) in [5, 5.41) is 16.1. The summed E-state index contributed by atoms with van der Waals surface area (Å²) >= 11 is 0. The molecule has 12 heteroatoms. The maximum Gasteiger partial charge on any atom is 0.322 e. The molecule has 0 aliphatic carbocycles. The number of aliphatic carboxylic acids is 1. The number of carboxylic acids is 1. The number of halogens is 1. The first-order valence-corrected chi connectivity index (χ1v) is 15.8. The van der Waals surface area contributed by atoms with E-state index in [1.807, 2.05) is 17.6 Å². The first kappa shape index (κ1) is 26.4. The summed E-state index contributed by atoms with van der Waals surface area (Å²) in [5.74, 6) is -0.515. The average molecular weight is 526 g/mol. The number of carbonyl (C=O) groups is 1.